The van der Waals surface area contributed by atoms with Gasteiger partial charge in [0, 0.05) is 38.6 Å². The van der Waals surface area contributed by atoms with Crippen LogP contribution in [0.25, 0.3) is 116 Å². The monoisotopic (exact) mass is 816 g/mol. The maximum atomic E-state index is 5.29. The lowest BCUT2D eigenvalue weighted by atomic mass is 9.81. The van der Waals surface area contributed by atoms with Crippen molar-refractivity contribution in [2.75, 3.05) is 0 Å². The Morgan fingerprint density at radius 1 is 0.312 bits per heavy atom. The third-order valence-corrected chi connectivity index (χ3v) is 13.6. The first kappa shape index (κ1) is 36.4. The van der Waals surface area contributed by atoms with Gasteiger partial charge in [-0.2, -0.15) is 0 Å². The minimum Gasteiger partial charge on any atom is -0.309 e. The second-order valence-electron chi connectivity index (χ2n) is 17.6. The van der Waals surface area contributed by atoms with E-state index in [9.17, 15) is 0 Å². The van der Waals surface area contributed by atoms with Crippen LogP contribution in [-0.2, 0) is 5.41 Å². The summed E-state index contributed by atoms with van der Waals surface area (Å²) in [5.74, 6) is 1.90. The molecule has 0 aliphatic heterocycles. The SMILES string of the molecule is CC1(C)c2ccccc2-c2ccc(-c3ccc4c5ccccc5c5cc(-c6nc(-c7ccccc7)nc(-c7ccc8c9ccccc9n(-c9ccccc9)c8c7)n6)ccc5c4c3)cc21. The van der Waals surface area contributed by atoms with Gasteiger partial charge in [0.1, 0.15) is 0 Å². The van der Waals surface area contributed by atoms with Gasteiger partial charge in [-0.05, 0) is 108 Å². The zero-order chi connectivity index (χ0) is 42.5. The maximum Gasteiger partial charge on any atom is 0.164 e. The predicted octanol–water partition coefficient (Wildman–Crippen LogP) is 15.4. The molecule has 4 heteroatoms. The Bertz CT molecular complexity index is 3860. The van der Waals surface area contributed by atoms with Gasteiger partial charge < -0.3 is 4.57 Å². The lowest BCUT2D eigenvalue weighted by molar-refractivity contribution is 0.660. The smallest absolute Gasteiger partial charge is 0.164 e. The van der Waals surface area contributed by atoms with Crippen molar-refractivity contribution >= 4 is 54.1 Å². The number of benzene rings is 10. The number of fused-ring (bicyclic) bond motifs is 12. The summed E-state index contributed by atoms with van der Waals surface area (Å²) < 4.78 is 2.34. The van der Waals surface area contributed by atoms with Gasteiger partial charge in [0.25, 0.3) is 0 Å². The van der Waals surface area contributed by atoms with E-state index < -0.39 is 0 Å². The lowest BCUT2D eigenvalue weighted by Gasteiger charge is -2.22. The third-order valence-electron chi connectivity index (χ3n) is 13.6. The van der Waals surface area contributed by atoms with E-state index in [0.717, 1.165) is 33.4 Å². The first-order chi connectivity index (χ1) is 31.5. The van der Waals surface area contributed by atoms with Crippen LogP contribution in [-0.4, -0.2) is 19.5 Å². The van der Waals surface area contributed by atoms with Gasteiger partial charge in [-0.3, -0.25) is 0 Å². The summed E-state index contributed by atoms with van der Waals surface area (Å²) in [6.07, 6.45) is 0. The van der Waals surface area contributed by atoms with Gasteiger partial charge in [-0.1, -0.05) is 178 Å². The van der Waals surface area contributed by atoms with E-state index >= 15 is 0 Å². The second-order valence-corrected chi connectivity index (χ2v) is 17.6. The molecule has 0 unspecified atom stereocenters. The number of nitrogens with zero attached hydrogens (tertiary/aromatic N) is 4. The maximum absolute atomic E-state index is 5.29. The molecule has 0 spiro atoms. The summed E-state index contributed by atoms with van der Waals surface area (Å²) in [6, 6.07) is 74.4. The van der Waals surface area contributed by atoms with E-state index in [1.54, 1.807) is 0 Å². The van der Waals surface area contributed by atoms with Crippen LogP contribution in [0, 0.1) is 0 Å². The minimum absolute atomic E-state index is 0.0672. The van der Waals surface area contributed by atoms with Crippen molar-refractivity contribution in [2.24, 2.45) is 0 Å². The molecule has 64 heavy (non-hydrogen) atoms. The minimum atomic E-state index is -0.0672. The number of hydrogen-bond donors (Lipinski definition) is 0. The molecule has 0 atom stereocenters. The molecule has 12 aromatic rings. The van der Waals surface area contributed by atoms with Gasteiger partial charge >= 0.3 is 0 Å². The van der Waals surface area contributed by atoms with Gasteiger partial charge in [-0.15, -0.1) is 0 Å². The Labute approximate surface area is 370 Å². The van der Waals surface area contributed by atoms with Gasteiger partial charge in [-0.25, -0.2) is 15.0 Å². The topological polar surface area (TPSA) is 43.6 Å². The largest absolute Gasteiger partial charge is 0.309 e. The predicted molar refractivity (Wildman–Crippen MR) is 266 cm³/mol. The molecule has 0 amide bonds. The molecule has 0 fully saturated rings. The Morgan fingerprint density at radius 2 is 0.781 bits per heavy atom. The van der Waals surface area contributed by atoms with Crippen molar-refractivity contribution in [3.8, 4) is 62.1 Å². The van der Waals surface area contributed by atoms with Crippen LogP contribution in [0.5, 0.6) is 0 Å². The van der Waals surface area contributed by atoms with Crippen molar-refractivity contribution in [2.45, 2.75) is 19.3 Å². The van der Waals surface area contributed by atoms with Crippen molar-refractivity contribution in [1.29, 1.82) is 0 Å². The van der Waals surface area contributed by atoms with Crippen molar-refractivity contribution in [1.82, 2.24) is 19.5 Å². The molecule has 10 aromatic carbocycles. The molecule has 2 heterocycles. The number of rotatable bonds is 5. The van der Waals surface area contributed by atoms with E-state index in [2.05, 4.69) is 206 Å². The van der Waals surface area contributed by atoms with Crippen LogP contribution in [0.1, 0.15) is 25.0 Å². The van der Waals surface area contributed by atoms with E-state index in [4.69, 9.17) is 15.0 Å². The lowest BCUT2D eigenvalue weighted by Crippen LogP contribution is -2.14. The van der Waals surface area contributed by atoms with Gasteiger partial charge in [0.05, 0.1) is 11.0 Å². The van der Waals surface area contributed by atoms with Crippen molar-refractivity contribution in [3.63, 3.8) is 0 Å². The molecule has 0 saturated carbocycles. The summed E-state index contributed by atoms with van der Waals surface area (Å²) in [5.41, 5.74) is 14.0. The molecule has 1 aliphatic rings. The molecule has 13 rings (SSSR count). The molecule has 300 valence electrons. The standard InChI is InChI=1S/C60H40N4/c1-60(2)53-23-13-11-21-47(53)48-31-26-39(35-54(48)60)38-25-29-45-43-19-9-10-20-44(43)52-34-40(27-30-46(52)51(45)33-38)58-61-57(37-15-5-3-6-16-37)62-59(63-58)41-28-32-50-49-22-12-14-24-55(49)64(56(50)36-41)42-17-7-4-8-18-42/h3-36H,1-2H3. The zero-order valence-electron chi connectivity index (χ0n) is 35.4. The number of aromatic nitrogens is 4. The number of para-hydroxylation sites is 2. The van der Waals surface area contributed by atoms with Crippen molar-refractivity contribution < 1.29 is 0 Å². The summed E-state index contributed by atoms with van der Waals surface area (Å²) in [5, 5.41) is 9.65. The highest BCUT2D eigenvalue weighted by Gasteiger charge is 2.35. The first-order valence-electron chi connectivity index (χ1n) is 22.0. The fourth-order valence-electron chi connectivity index (χ4n) is 10.5. The average Bonchev–Trinajstić information content (AvgIpc) is 3.81. The molecule has 0 N–H and O–H groups in total. The van der Waals surface area contributed by atoms with Crippen LogP contribution >= 0.6 is 0 Å². The van der Waals surface area contributed by atoms with Gasteiger partial charge in [0.15, 0.2) is 17.5 Å². The summed E-state index contributed by atoms with van der Waals surface area (Å²) in [7, 11) is 0. The van der Waals surface area contributed by atoms with Crippen LogP contribution < -0.4 is 0 Å². The van der Waals surface area contributed by atoms with Crippen LogP contribution in [0.3, 0.4) is 0 Å². The Balaban J connectivity index is 0.986. The van der Waals surface area contributed by atoms with Crippen LogP contribution in [0.2, 0.25) is 0 Å². The van der Waals surface area contributed by atoms with Gasteiger partial charge in [0.2, 0.25) is 0 Å². The Morgan fingerprint density at radius 3 is 1.53 bits per heavy atom. The fourth-order valence-corrected chi connectivity index (χ4v) is 10.5. The third kappa shape index (κ3) is 5.52. The van der Waals surface area contributed by atoms with E-state index in [1.807, 2.05) is 18.2 Å². The summed E-state index contributed by atoms with van der Waals surface area (Å²) in [6.45, 7) is 4.70. The van der Waals surface area contributed by atoms with Crippen LogP contribution in [0.15, 0.2) is 206 Å². The first-order valence-corrected chi connectivity index (χ1v) is 22.0. The highest BCUT2D eigenvalue weighted by molar-refractivity contribution is 6.26. The molecule has 0 bridgehead atoms. The summed E-state index contributed by atoms with van der Waals surface area (Å²) in [4.78, 5) is 15.6. The van der Waals surface area contributed by atoms with Crippen molar-refractivity contribution in [3.05, 3.63) is 217 Å². The molecule has 0 saturated heterocycles. The second kappa shape index (κ2) is 13.9. The Kier molecular flexibility index (Phi) is 7.92. The molecular weight excluding hydrogens is 777 g/mol. The van der Waals surface area contributed by atoms with E-state index in [-0.39, 0.29) is 5.41 Å². The average molecular weight is 817 g/mol. The normalized spacial score (nSPS) is 13.0. The Hall–Kier alpha value is -8.21. The van der Waals surface area contributed by atoms with Crippen LogP contribution in [0.4, 0.5) is 0 Å². The fraction of sp³-hybridized carbons (Fsp3) is 0.0500. The van der Waals surface area contributed by atoms with E-state index in [0.29, 0.717) is 17.5 Å². The molecule has 0 radical (unpaired) electrons. The zero-order valence-corrected chi connectivity index (χ0v) is 35.4. The van der Waals surface area contributed by atoms with E-state index in [1.165, 1.54) is 76.5 Å². The number of hydrogen-bond acceptors (Lipinski definition) is 3. The highest BCUT2D eigenvalue weighted by atomic mass is 15.0. The molecule has 1 aliphatic carbocycles. The highest BCUT2D eigenvalue weighted by Crippen LogP contribution is 2.50. The molecule has 4 nitrogen and oxygen atoms in total. The quantitative estimate of drug-likeness (QED) is 0.163. The molecular formula is C60H40N4. The molecule has 2 aromatic heterocycles. The summed E-state index contributed by atoms with van der Waals surface area (Å²) >= 11 is 0.